The van der Waals surface area contributed by atoms with Crippen LogP contribution in [0.25, 0.3) is 0 Å². The van der Waals surface area contributed by atoms with Crippen molar-refractivity contribution in [2.24, 2.45) is 5.92 Å². The first-order valence-corrected chi connectivity index (χ1v) is 10.8. The number of rotatable bonds is 6. The van der Waals surface area contributed by atoms with Gasteiger partial charge in [-0.3, -0.25) is 9.69 Å². The number of piperidine rings is 1. The van der Waals surface area contributed by atoms with Crippen LogP contribution in [-0.4, -0.2) is 23.9 Å². The van der Waals surface area contributed by atoms with E-state index >= 15 is 0 Å². The number of hydrogen-bond acceptors (Lipinski definition) is 2. The molecule has 28 heavy (non-hydrogen) atoms. The second kappa shape index (κ2) is 9.78. The van der Waals surface area contributed by atoms with E-state index in [4.69, 9.17) is 23.2 Å². The molecule has 0 unspecified atom stereocenters. The van der Waals surface area contributed by atoms with Crippen molar-refractivity contribution in [1.29, 1.82) is 0 Å². The average molecular weight is 419 g/mol. The van der Waals surface area contributed by atoms with Gasteiger partial charge in [0, 0.05) is 28.1 Å². The van der Waals surface area contributed by atoms with Gasteiger partial charge in [0.25, 0.3) is 0 Å². The fourth-order valence-corrected chi connectivity index (χ4v) is 4.29. The number of hydrogen-bond donors (Lipinski definition) is 1. The zero-order valence-corrected chi connectivity index (χ0v) is 18.1. The number of carbonyl (C=O) groups is 1. The van der Waals surface area contributed by atoms with Crippen molar-refractivity contribution < 1.29 is 4.79 Å². The molecule has 1 N–H and O–H groups in total. The number of nitrogens with zero attached hydrogens (tertiary/aromatic N) is 1. The van der Waals surface area contributed by atoms with Crippen LogP contribution in [0.4, 0.5) is 0 Å². The molecule has 5 heteroatoms. The Bertz CT molecular complexity index is 778. The van der Waals surface area contributed by atoms with E-state index in [2.05, 4.69) is 48.3 Å². The number of halogens is 2. The van der Waals surface area contributed by atoms with Crippen molar-refractivity contribution in [3.63, 3.8) is 0 Å². The Labute approximate surface area is 178 Å². The highest BCUT2D eigenvalue weighted by atomic mass is 35.5. The van der Waals surface area contributed by atoms with Crippen LogP contribution in [0.2, 0.25) is 10.0 Å². The molecular formula is C23H28Cl2N2O. The Balaban J connectivity index is 1.54. The molecule has 0 radical (unpaired) electrons. The number of aryl methyl sites for hydroxylation is 1. The molecule has 0 bridgehead atoms. The van der Waals surface area contributed by atoms with Crippen LogP contribution >= 0.6 is 23.2 Å². The third-order valence-electron chi connectivity index (χ3n) is 5.61. The normalized spacial score (nSPS) is 16.7. The summed E-state index contributed by atoms with van der Waals surface area (Å²) in [5.74, 6) is 0.236. The van der Waals surface area contributed by atoms with Gasteiger partial charge in [-0.2, -0.15) is 0 Å². The lowest BCUT2D eigenvalue weighted by atomic mass is 9.94. The number of likely N-dealkylation sites (tertiary alicyclic amines) is 1. The van der Waals surface area contributed by atoms with Gasteiger partial charge in [0.2, 0.25) is 5.91 Å². The minimum atomic E-state index is 0.0671. The molecule has 0 aliphatic carbocycles. The predicted molar refractivity (Wildman–Crippen MR) is 117 cm³/mol. The summed E-state index contributed by atoms with van der Waals surface area (Å²) in [6, 6.07) is 14.1. The predicted octanol–water partition coefficient (Wildman–Crippen LogP) is 5.78. The number of amides is 1. The van der Waals surface area contributed by atoms with Gasteiger partial charge in [0.15, 0.2) is 0 Å². The summed E-state index contributed by atoms with van der Waals surface area (Å²) >= 11 is 12.6. The molecule has 1 aliphatic heterocycles. The highest BCUT2D eigenvalue weighted by molar-refractivity contribution is 6.35. The Morgan fingerprint density at radius 1 is 1.11 bits per heavy atom. The van der Waals surface area contributed by atoms with Crippen LogP contribution in [0.3, 0.4) is 0 Å². The topological polar surface area (TPSA) is 32.3 Å². The van der Waals surface area contributed by atoms with Gasteiger partial charge in [-0.15, -0.1) is 0 Å². The van der Waals surface area contributed by atoms with Gasteiger partial charge in [-0.05, 0) is 57.0 Å². The Kier molecular flexibility index (Phi) is 7.39. The van der Waals surface area contributed by atoms with Crippen molar-refractivity contribution in [1.82, 2.24) is 10.2 Å². The van der Waals surface area contributed by atoms with Gasteiger partial charge in [-0.25, -0.2) is 0 Å². The summed E-state index contributed by atoms with van der Waals surface area (Å²) in [7, 11) is 0. The molecule has 1 saturated heterocycles. The molecule has 1 atom stereocenters. The van der Waals surface area contributed by atoms with Gasteiger partial charge in [-0.1, -0.05) is 66.0 Å². The van der Waals surface area contributed by atoms with Gasteiger partial charge in [0.05, 0.1) is 6.04 Å². The van der Waals surface area contributed by atoms with Crippen LogP contribution in [-0.2, 0) is 11.3 Å². The van der Waals surface area contributed by atoms with Crippen molar-refractivity contribution in [2.75, 3.05) is 13.1 Å². The molecule has 3 rings (SSSR count). The standard InChI is InChI=1S/C23H28Cl2N2O/c1-3-22(17-9-7-16(2)8-10-17)26-23(28)18-11-13-27(14-12-18)15-19-20(24)5-4-6-21(19)25/h4-10,18,22H,3,11-15H2,1-2H3,(H,26,28)/t22-/m0/s1. The van der Waals surface area contributed by atoms with Crippen molar-refractivity contribution in [2.45, 2.75) is 45.7 Å². The van der Waals surface area contributed by atoms with E-state index in [-0.39, 0.29) is 17.9 Å². The Morgan fingerprint density at radius 2 is 1.71 bits per heavy atom. The highest BCUT2D eigenvalue weighted by Gasteiger charge is 2.27. The van der Waals surface area contributed by atoms with E-state index in [0.717, 1.165) is 44.5 Å². The van der Waals surface area contributed by atoms with Crippen LogP contribution in [0.15, 0.2) is 42.5 Å². The maximum atomic E-state index is 12.8. The van der Waals surface area contributed by atoms with E-state index in [1.165, 1.54) is 11.1 Å². The maximum Gasteiger partial charge on any atom is 0.223 e. The Hall–Kier alpha value is -1.55. The molecule has 0 aromatic heterocycles. The van der Waals surface area contributed by atoms with E-state index in [1.54, 1.807) is 0 Å². The molecule has 1 amide bonds. The fourth-order valence-electron chi connectivity index (χ4n) is 3.77. The van der Waals surface area contributed by atoms with E-state index in [1.807, 2.05) is 18.2 Å². The van der Waals surface area contributed by atoms with E-state index in [9.17, 15) is 4.79 Å². The van der Waals surface area contributed by atoms with Gasteiger partial charge in [0.1, 0.15) is 0 Å². The Morgan fingerprint density at radius 3 is 2.29 bits per heavy atom. The summed E-state index contributed by atoms with van der Waals surface area (Å²) in [6.45, 7) is 6.67. The molecule has 3 nitrogen and oxygen atoms in total. The fraction of sp³-hybridized carbons (Fsp3) is 0.435. The van der Waals surface area contributed by atoms with Crippen LogP contribution < -0.4 is 5.32 Å². The molecule has 1 aliphatic rings. The van der Waals surface area contributed by atoms with Gasteiger partial charge < -0.3 is 5.32 Å². The van der Waals surface area contributed by atoms with Crippen molar-refractivity contribution >= 4 is 29.1 Å². The molecular weight excluding hydrogens is 391 g/mol. The van der Waals surface area contributed by atoms with Crippen LogP contribution in [0, 0.1) is 12.8 Å². The number of nitrogens with one attached hydrogen (secondary N) is 1. The average Bonchev–Trinajstić information content (AvgIpc) is 2.70. The van der Waals surface area contributed by atoms with E-state index < -0.39 is 0 Å². The van der Waals surface area contributed by atoms with Crippen LogP contribution in [0.1, 0.15) is 48.9 Å². The molecule has 2 aromatic rings. The third-order valence-corrected chi connectivity index (χ3v) is 6.31. The largest absolute Gasteiger partial charge is 0.349 e. The zero-order chi connectivity index (χ0) is 20.1. The summed E-state index contributed by atoms with van der Waals surface area (Å²) in [5, 5.41) is 4.66. The molecule has 0 saturated carbocycles. The van der Waals surface area contributed by atoms with Gasteiger partial charge >= 0.3 is 0 Å². The number of benzene rings is 2. The first-order valence-electron chi connectivity index (χ1n) is 10.00. The molecule has 0 spiro atoms. The zero-order valence-electron chi connectivity index (χ0n) is 16.6. The minimum absolute atomic E-state index is 0.0671. The first kappa shape index (κ1) is 21.2. The van der Waals surface area contributed by atoms with Crippen molar-refractivity contribution in [3.05, 3.63) is 69.2 Å². The summed E-state index contributed by atoms with van der Waals surface area (Å²) in [4.78, 5) is 15.1. The third kappa shape index (κ3) is 5.28. The summed E-state index contributed by atoms with van der Waals surface area (Å²) in [5.41, 5.74) is 3.38. The lowest BCUT2D eigenvalue weighted by Crippen LogP contribution is -2.41. The molecule has 150 valence electrons. The first-order chi connectivity index (χ1) is 13.5. The summed E-state index contributed by atoms with van der Waals surface area (Å²) in [6.07, 6.45) is 2.61. The number of carbonyl (C=O) groups excluding carboxylic acids is 1. The quantitative estimate of drug-likeness (QED) is 0.644. The monoisotopic (exact) mass is 418 g/mol. The highest BCUT2D eigenvalue weighted by Crippen LogP contribution is 2.28. The second-order valence-electron chi connectivity index (χ2n) is 7.63. The molecule has 2 aromatic carbocycles. The molecule has 1 heterocycles. The SMILES string of the molecule is CC[C@H](NC(=O)C1CCN(Cc2c(Cl)cccc2Cl)CC1)c1ccc(C)cc1. The second-order valence-corrected chi connectivity index (χ2v) is 8.45. The van der Waals surface area contributed by atoms with Crippen molar-refractivity contribution in [3.8, 4) is 0 Å². The minimum Gasteiger partial charge on any atom is -0.349 e. The van der Waals surface area contributed by atoms with Crippen LogP contribution in [0.5, 0.6) is 0 Å². The maximum absolute atomic E-state index is 12.8. The lowest BCUT2D eigenvalue weighted by molar-refractivity contribution is -0.127. The summed E-state index contributed by atoms with van der Waals surface area (Å²) < 4.78 is 0. The lowest BCUT2D eigenvalue weighted by Gasteiger charge is -2.32. The smallest absolute Gasteiger partial charge is 0.223 e. The molecule has 1 fully saturated rings. The van der Waals surface area contributed by atoms with E-state index in [0.29, 0.717) is 10.0 Å².